The summed E-state index contributed by atoms with van der Waals surface area (Å²) < 4.78 is 5.79. The van der Waals surface area contributed by atoms with Crippen molar-refractivity contribution in [1.29, 1.82) is 0 Å². The number of carbonyl (C=O) groups excluding carboxylic acids is 2. The topological polar surface area (TPSA) is 91.4 Å². The number of rotatable bonds is 5. The normalized spacial score (nSPS) is 11.9. The number of aromatic nitrogens is 1. The van der Waals surface area contributed by atoms with E-state index in [0.29, 0.717) is 22.5 Å². The van der Waals surface area contributed by atoms with Crippen molar-refractivity contribution >= 4 is 33.5 Å². The lowest BCUT2D eigenvalue weighted by atomic mass is 10.1. The minimum Gasteiger partial charge on any atom is -0.451 e. The second-order valence-electron chi connectivity index (χ2n) is 5.44. The summed E-state index contributed by atoms with van der Waals surface area (Å²) in [5.41, 5.74) is 2.84. The molecule has 0 unspecified atom stereocenters. The number of ether oxygens (including phenoxy) is 1. The molecule has 1 aromatic carbocycles. The third kappa shape index (κ3) is 4.04. The number of benzene rings is 1. The molecule has 3 N–H and O–H groups in total. The van der Waals surface area contributed by atoms with Gasteiger partial charge in [-0.2, -0.15) is 0 Å². The Labute approximate surface area is 148 Å². The number of anilines is 1. The molecule has 1 atom stereocenters. The number of aliphatic hydroxyl groups is 1. The highest BCUT2D eigenvalue weighted by atomic mass is 79.9. The van der Waals surface area contributed by atoms with Gasteiger partial charge in [-0.3, -0.25) is 4.79 Å². The zero-order valence-corrected chi connectivity index (χ0v) is 15.2. The van der Waals surface area contributed by atoms with Crippen molar-refractivity contribution < 1.29 is 19.4 Å². The predicted molar refractivity (Wildman–Crippen MR) is 94.0 cm³/mol. The van der Waals surface area contributed by atoms with Gasteiger partial charge in [0.25, 0.3) is 5.91 Å². The fourth-order valence-electron chi connectivity index (χ4n) is 2.55. The number of aliphatic hydroxyl groups excluding tert-OH is 1. The van der Waals surface area contributed by atoms with Crippen LogP contribution in [-0.2, 0) is 9.53 Å². The Hall–Kier alpha value is -2.12. The van der Waals surface area contributed by atoms with Crippen molar-refractivity contribution in [3.05, 3.63) is 51.3 Å². The second-order valence-corrected chi connectivity index (χ2v) is 6.30. The number of nitrogens with one attached hydrogen (secondary N) is 2. The monoisotopic (exact) mass is 394 g/mol. The highest BCUT2D eigenvalue weighted by Gasteiger charge is 2.21. The summed E-state index contributed by atoms with van der Waals surface area (Å²) >= 11 is 3.32. The SMILES string of the molecule is Cc1[nH]c(C(=O)OCC(=O)Nc2ccccc2Br)c(C)c1[C@@H](C)O. The van der Waals surface area contributed by atoms with E-state index in [9.17, 15) is 14.7 Å². The van der Waals surface area contributed by atoms with Crippen LogP contribution in [0.2, 0.25) is 0 Å². The van der Waals surface area contributed by atoms with Crippen LogP contribution in [0.1, 0.15) is 40.3 Å². The highest BCUT2D eigenvalue weighted by molar-refractivity contribution is 9.10. The van der Waals surface area contributed by atoms with E-state index in [1.165, 1.54) is 0 Å². The van der Waals surface area contributed by atoms with Crippen LogP contribution in [0.25, 0.3) is 0 Å². The Balaban J connectivity index is 2.00. The van der Waals surface area contributed by atoms with E-state index in [4.69, 9.17) is 4.74 Å². The van der Waals surface area contributed by atoms with Gasteiger partial charge in [-0.05, 0) is 54.4 Å². The molecular weight excluding hydrogens is 376 g/mol. The number of amides is 1. The Bertz CT molecular complexity index is 768. The van der Waals surface area contributed by atoms with Crippen LogP contribution in [0.15, 0.2) is 28.7 Å². The molecule has 0 radical (unpaired) electrons. The van der Waals surface area contributed by atoms with E-state index >= 15 is 0 Å². The molecule has 2 aromatic rings. The molecule has 0 spiro atoms. The Morgan fingerprint density at radius 2 is 2.00 bits per heavy atom. The Morgan fingerprint density at radius 1 is 1.33 bits per heavy atom. The quantitative estimate of drug-likeness (QED) is 0.678. The van der Waals surface area contributed by atoms with E-state index in [-0.39, 0.29) is 5.69 Å². The lowest BCUT2D eigenvalue weighted by molar-refractivity contribution is -0.119. The molecule has 1 amide bonds. The number of carbonyl (C=O) groups is 2. The minimum atomic E-state index is -0.693. The zero-order chi connectivity index (χ0) is 17.9. The van der Waals surface area contributed by atoms with Gasteiger partial charge in [0.05, 0.1) is 11.8 Å². The fourth-order valence-corrected chi connectivity index (χ4v) is 2.93. The van der Waals surface area contributed by atoms with Gasteiger partial charge in [0.1, 0.15) is 5.69 Å². The predicted octanol–water partition coefficient (Wildman–Crippen LogP) is 3.24. The smallest absolute Gasteiger partial charge is 0.355 e. The van der Waals surface area contributed by atoms with Gasteiger partial charge in [0, 0.05) is 15.7 Å². The van der Waals surface area contributed by atoms with Crippen LogP contribution in [0.3, 0.4) is 0 Å². The maximum Gasteiger partial charge on any atom is 0.355 e. The van der Waals surface area contributed by atoms with Gasteiger partial charge >= 0.3 is 5.97 Å². The molecule has 0 aliphatic rings. The van der Waals surface area contributed by atoms with Crippen molar-refractivity contribution in [3.63, 3.8) is 0 Å². The molecule has 7 heteroatoms. The molecule has 1 aromatic heterocycles. The number of H-pyrrole nitrogens is 1. The summed E-state index contributed by atoms with van der Waals surface area (Å²) in [7, 11) is 0. The minimum absolute atomic E-state index is 0.247. The van der Waals surface area contributed by atoms with Crippen molar-refractivity contribution in [2.24, 2.45) is 0 Å². The summed E-state index contributed by atoms with van der Waals surface area (Å²) in [6.45, 7) is 4.72. The van der Waals surface area contributed by atoms with Gasteiger partial charge in [-0.15, -0.1) is 0 Å². The maximum absolute atomic E-state index is 12.2. The lowest BCUT2D eigenvalue weighted by Crippen LogP contribution is -2.21. The van der Waals surface area contributed by atoms with Gasteiger partial charge < -0.3 is 20.1 Å². The zero-order valence-electron chi connectivity index (χ0n) is 13.6. The Kier molecular flexibility index (Phi) is 5.80. The van der Waals surface area contributed by atoms with Crippen molar-refractivity contribution in [2.45, 2.75) is 26.9 Å². The first kappa shape index (κ1) is 18.2. The molecule has 0 aliphatic carbocycles. The summed E-state index contributed by atoms with van der Waals surface area (Å²) in [5, 5.41) is 12.4. The van der Waals surface area contributed by atoms with Gasteiger partial charge in [-0.1, -0.05) is 12.1 Å². The van der Waals surface area contributed by atoms with Crippen LogP contribution in [0.5, 0.6) is 0 Å². The number of para-hydroxylation sites is 1. The molecule has 0 saturated heterocycles. The molecule has 0 bridgehead atoms. The van der Waals surface area contributed by atoms with Crippen LogP contribution in [-0.4, -0.2) is 28.6 Å². The molecule has 1 heterocycles. The molecule has 24 heavy (non-hydrogen) atoms. The van der Waals surface area contributed by atoms with Crippen molar-refractivity contribution in [1.82, 2.24) is 4.98 Å². The second kappa shape index (κ2) is 7.63. The number of aryl methyl sites for hydroxylation is 1. The number of hydrogen-bond donors (Lipinski definition) is 3. The summed E-state index contributed by atoms with van der Waals surface area (Å²) in [4.78, 5) is 27.0. The van der Waals surface area contributed by atoms with Crippen LogP contribution >= 0.6 is 15.9 Å². The van der Waals surface area contributed by atoms with Crippen LogP contribution < -0.4 is 5.32 Å². The van der Waals surface area contributed by atoms with E-state index in [0.717, 1.165) is 4.47 Å². The van der Waals surface area contributed by atoms with Gasteiger partial charge in [-0.25, -0.2) is 4.79 Å². The largest absolute Gasteiger partial charge is 0.451 e. The third-order valence-corrected chi connectivity index (χ3v) is 4.29. The molecule has 0 fully saturated rings. The van der Waals surface area contributed by atoms with Crippen LogP contribution in [0.4, 0.5) is 5.69 Å². The van der Waals surface area contributed by atoms with Gasteiger partial charge in [0.15, 0.2) is 6.61 Å². The average Bonchev–Trinajstić information content (AvgIpc) is 2.82. The van der Waals surface area contributed by atoms with Crippen molar-refractivity contribution in [3.8, 4) is 0 Å². The molecule has 128 valence electrons. The number of esters is 1. The standard InChI is InChI=1S/C17H19BrN2O4/c1-9-15(11(3)21)10(2)19-16(9)17(23)24-8-14(22)20-13-7-5-4-6-12(13)18/h4-7,11,19,21H,8H2,1-3H3,(H,20,22)/t11-/m1/s1. The van der Waals surface area contributed by atoms with E-state index in [1.54, 1.807) is 39.0 Å². The Morgan fingerprint density at radius 3 is 2.58 bits per heavy atom. The molecule has 6 nitrogen and oxygen atoms in total. The fraction of sp³-hybridized carbons (Fsp3) is 0.294. The van der Waals surface area contributed by atoms with Gasteiger partial charge in [0.2, 0.25) is 0 Å². The molecule has 0 aliphatic heterocycles. The molecular formula is C17H19BrN2O4. The molecule has 2 rings (SSSR count). The maximum atomic E-state index is 12.2. The number of halogens is 1. The number of hydrogen-bond acceptors (Lipinski definition) is 4. The summed E-state index contributed by atoms with van der Waals surface area (Å²) in [6.07, 6.45) is -0.693. The lowest BCUT2D eigenvalue weighted by Gasteiger charge is -2.08. The first-order valence-corrected chi connectivity index (χ1v) is 8.19. The summed E-state index contributed by atoms with van der Waals surface area (Å²) in [5.74, 6) is -1.07. The van der Waals surface area contributed by atoms with E-state index in [1.807, 2.05) is 6.07 Å². The molecule has 0 saturated carbocycles. The van der Waals surface area contributed by atoms with E-state index in [2.05, 4.69) is 26.2 Å². The summed E-state index contributed by atoms with van der Waals surface area (Å²) in [6, 6.07) is 7.15. The van der Waals surface area contributed by atoms with E-state index < -0.39 is 24.6 Å². The first-order chi connectivity index (χ1) is 11.3. The first-order valence-electron chi connectivity index (χ1n) is 7.40. The van der Waals surface area contributed by atoms with Crippen molar-refractivity contribution in [2.75, 3.05) is 11.9 Å². The number of aromatic amines is 1. The van der Waals surface area contributed by atoms with Crippen LogP contribution in [0, 0.1) is 13.8 Å². The average molecular weight is 395 g/mol. The highest BCUT2D eigenvalue weighted by Crippen LogP contribution is 2.25. The third-order valence-electron chi connectivity index (χ3n) is 3.60.